The molecule has 0 heterocycles. The molecule has 0 aliphatic heterocycles. The Morgan fingerprint density at radius 3 is 2.36 bits per heavy atom. The van der Waals surface area contributed by atoms with Crippen LogP contribution in [-0.2, 0) is 4.79 Å². The van der Waals surface area contributed by atoms with Gasteiger partial charge in [-0.15, -0.1) is 0 Å². The molecule has 0 aromatic heterocycles. The van der Waals surface area contributed by atoms with Crippen LogP contribution < -0.4 is 4.90 Å². The molecule has 2 aliphatic carbocycles. The molecule has 2 aliphatic rings. The Kier molecular flexibility index (Phi) is 6.35. The molecule has 6 heteroatoms. The Labute approximate surface area is 185 Å². The molecule has 1 aromatic carbocycles. The van der Waals surface area contributed by atoms with Crippen LogP contribution in [0.25, 0.3) is 0 Å². The molecule has 25 heavy (non-hydrogen) atoms. The van der Waals surface area contributed by atoms with E-state index in [9.17, 15) is 4.79 Å². The molecule has 0 saturated heterocycles. The van der Waals surface area contributed by atoms with Gasteiger partial charge in [-0.2, -0.15) is 0 Å². The molecule has 126 valence electrons. The Bertz CT molecular complexity index is 879. The van der Waals surface area contributed by atoms with Crippen LogP contribution >= 0.6 is 69.6 Å². The Morgan fingerprint density at radius 2 is 1.72 bits per heavy atom. The molecule has 0 fully saturated rings. The fourth-order valence-corrected chi connectivity index (χ4v) is 4.32. The lowest BCUT2D eigenvalue weighted by Crippen LogP contribution is -2.36. The summed E-state index contributed by atoms with van der Waals surface area (Å²) in [6.07, 6.45) is 10.9. The predicted molar refractivity (Wildman–Crippen MR) is 128 cm³/mol. The number of benzene rings is 1. The van der Waals surface area contributed by atoms with Crippen LogP contribution in [0, 0.1) is 3.57 Å². The van der Waals surface area contributed by atoms with Crippen molar-refractivity contribution in [1.82, 2.24) is 0 Å². The lowest BCUT2D eigenvalue weighted by molar-refractivity contribution is -0.114. The highest BCUT2D eigenvalue weighted by Crippen LogP contribution is 2.30. The van der Waals surface area contributed by atoms with Crippen molar-refractivity contribution in [3.8, 4) is 0 Å². The summed E-state index contributed by atoms with van der Waals surface area (Å²) in [5, 5.41) is 0. The minimum Gasteiger partial charge on any atom is -0.276 e. The SMILES string of the molecule is O=C(C1=CC=CCC1=S)N(C1=CC=C(I)CC1=S)c1ccc(I)cc1. The normalized spacial score (nSPS) is 17.0. The van der Waals surface area contributed by atoms with E-state index in [0.29, 0.717) is 23.3 Å². The van der Waals surface area contributed by atoms with Crippen LogP contribution in [0.1, 0.15) is 12.8 Å². The zero-order valence-corrected chi connectivity index (χ0v) is 19.0. The molecule has 0 atom stereocenters. The lowest BCUT2D eigenvalue weighted by atomic mass is 10.0. The number of carbonyl (C=O) groups is 1. The average molecular weight is 589 g/mol. The van der Waals surface area contributed by atoms with E-state index in [4.69, 9.17) is 24.4 Å². The van der Waals surface area contributed by atoms with Gasteiger partial charge in [0.05, 0.1) is 11.3 Å². The highest BCUT2D eigenvalue weighted by atomic mass is 127. The smallest absolute Gasteiger partial charge is 0.264 e. The number of allylic oxidation sites excluding steroid dienone is 7. The first kappa shape index (κ1) is 19.1. The van der Waals surface area contributed by atoms with E-state index in [1.54, 1.807) is 11.0 Å². The van der Waals surface area contributed by atoms with Gasteiger partial charge in [0, 0.05) is 31.8 Å². The summed E-state index contributed by atoms with van der Waals surface area (Å²) in [6.45, 7) is 0. The van der Waals surface area contributed by atoms with Crippen LogP contribution in [0.3, 0.4) is 0 Å². The van der Waals surface area contributed by atoms with E-state index in [1.807, 2.05) is 48.6 Å². The second-order valence-corrected chi connectivity index (χ2v) is 9.14. The number of rotatable bonds is 3. The number of amides is 1. The van der Waals surface area contributed by atoms with Gasteiger partial charge in [-0.05, 0) is 85.2 Å². The number of halogens is 2. The van der Waals surface area contributed by atoms with Crippen LogP contribution in [-0.4, -0.2) is 15.6 Å². The molecule has 0 saturated carbocycles. The minimum atomic E-state index is -0.130. The molecule has 1 aromatic rings. The second-order valence-electron chi connectivity index (χ2n) is 5.52. The van der Waals surface area contributed by atoms with Gasteiger partial charge in [0.15, 0.2) is 0 Å². The van der Waals surface area contributed by atoms with Crippen molar-refractivity contribution in [2.45, 2.75) is 12.8 Å². The number of thiocarbonyl (C=S) groups is 2. The largest absolute Gasteiger partial charge is 0.276 e. The van der Waals surface area contributed by atoms with Crippen molar-refractivity contribution in [3.05, 3.63) is 73.1 Å². The molecule has 1 amide bonds. The third-order valence-corrected chi connectivity index (χ3v) is 6.00. The van der Waals surface area contributed by atoms with Crippen LogP contribution in [0.2, 0.25) is 0 Å². The third kappa shape index (κ3) is 4.35. The number of anilines is 1. The fraction of sp³-hybridized carbons (Fsp3) is 0.105. The van der Waals surface area contributed by atoms with Crippen molar-refractivity contribution in [3.63, 3.8) is 0 Å². The second kappa shape index (κ2) is 8.32. The first-order valence-corrected chi connectivity index (χ1v) is 10.5. The van der Waals surface area contributed by atoms with Gasteiger partial charge in [-0.3, -0.25) is 9.69 Å². The summed E-state index contributed by atoms with van der Waals surface area (Å²) >= 11 is 15.5. The maximum atomic E-state index is 13.3. The topological polar surface area (TPSA) is 20.3 Å². The van der Waals surface area contributed by atoms with E-state index in [2.05, 4.69) is 45.2 Å². The average Bonchev–Trinajstić information content (AvgIpc) is 2.59. The van der Waals surface area contributed by atoms with E-state index in [-0.39, 0.29) is 5.91 Å². The Hall–Kier alpha value is -0.710. The van der Waals surface area contributed by atoms with Gasteiger partial charge in [-0.1, -0.05) is 42.7 Å². The lowest BCUT2D eigenvalue weighted by Gasteiger charge is -2.29. The number of hydrogen-bond acceptors (Lipinski definition) is 3. The Balaban J connectivity index is 2.09. The monoisotopic (exact) mass is 589 g/mol. The molecule has 0 bridgehead atoms. The quantitative estimate of drug-likeness (QED) is 0.326. The molecular weight excluding hydrogens is 576 g/mol. The van der Waals surface area contributed by atoms with Gasteiger partial charge in [-0.25, -0.2) is 0 Å². The summed E-state index contributed by atoms with van der Waals surface area (Å²) in [6, 6.07) is 7.84. The first-order valence-electron chi connectivity index (χ1n) is 7.57. The number of carbonyl (C=O) groups excluding carboxylic acids is 1. The standard InChI is InChI=1S/C19H13I2NOS2/c20-12-5-8-14(9-6-12)22(16-10-7-13(21)11-18(16)25)19(23)15-3-1-2-4-17(15)24/h1-3,5-10H,4,11H2. The minimum absolute atomic E-state index is 0.130. The molecular formula is C19H13I2NOS2. The summed E-state index contributed by atoms with van der Waals surface area (Å²) in [4.78, 5) is 16.4. The van der Waals surface area contributed by atoms with Gasteiger partial charge in [0.25, 0.3) is 5.91 Å². The molecule has 2 nitrogen and oxygen atoms in total. The zero-order chi connectivity index (χ0) is 18.0. The van der Waals surface area contributed by atoms with E-state index in [0.717, 1.165) is 23.4 Å². The summed E-state index contributed by atoms with van der Waals surface area (Å²) in [5.41, 5.74) is 2.10. The van der Waals surface area contributed by atoms with Crippen molar-refractivity contribution in [2.75, 3.05) is 4.90 Å². The summed E-state index contributed by atoms with van der Waals surface area (Å²) < 4.78 is 2.27. The highest BCUT2D eigenvalue weighted by Gasteiger charge is 2.28. The van der Waals surface area contributed by atoms with E-state index in [1.165, 1.54) is 0 Å². The van der Waals surface area contributed by atoms with Crippen LogP contribution in [0.5, 0.6) is 0 Å². The van der Waals surface area contributed by atoms with Gasteiger partial charge in [0.1, 0.15) is 0 Å². The maximum absolute atomic E-state index is 13.3. The van der Waals surface area contributed by atoms with Crippen molar-refractivity contribution >= 4 is 90.9 Å². The van der Waals surface area contributed by atoms with Crippen molar-refractivity contribution < 1.29 is 4.79 Å². The highest BCUT2D eigenvalue weighted by molar-refractivity contribution is 14.1. The molecule has 0 unspecified atom stereocenters. The van der Waals surface area contributed by atoms with Crippen molar-refractivity contribution in [2.24, 2.45) is 0 Å². The van der Waals surface area contributed by atoms with Crippen molar-refractivity contribution in [1.29, 1.82) is 0 Å². The first-order chi connectivity index (χ1) is 12.0. The number of nitrogens with zero attached hydrogens (tertiary/aromatic N) is 1. The Morgan fingerprint density at radius 1 is 1.00 bits per heavy atom. The predicted octanol–water partition coefficient (Wildman–Crippen LogP) is 5.86. The van der Waals surface area contributed by atoms with Gasteiger partial charge in [0.2, 0.25) is 0 Å². The molecule has 3 rings (SSSR count). The summed E-state index contributed by atoms with van der Waals surface area (Å²) in [5.74, 6) is -0.130. The third-order valence-electron chi connectivity index (χ3n) is 3.80. The fourth-order valence-electron chi connectivity index (χ4n) is 2.57. The van der Waals surface area contributed by atoms with E-state index < -0.39 is 0 Å². The molecule has 0 spiro atoms. The van der Waals surface area contributed by atoms with Crippen LogP contribution in [0.4, 0.5) is 5.69 Å². The zero-order valence-electron chi connectivity index (χ0n) is 13.0. The maximum Gasteiger partial charge on any atom is 0.264 e. The molecule has 0 radical (unpaired) electrons. The van der Waals surface area contributed by atoms with Crippen LogP contribution in [0.15, 0.2) is 69.5 Å². The summed E-state index contributed by atoms with van der Waals surface area (Å²) in [7, 11) is 0. The van der Waals surface area contributed by atoms with Gasteiger partial charge >= 0.3 is 0 Å². The number of hydrogen-bond donors (Lipinski definition) is 0. The van der Waals surface area contributed by atoms with E-state index >= 15 is 0 Å². The molecule has 0 N–H and O–H groups in total. The van der Waals surface area contributed by atoms with Gasteiger partial charge < -0.3 is 0 Å².